The van der Waals surface area contributed by atoms with E-state index in [4.69, 9.17) is 9.84 Å². The van der Waals surface area contributed by atoms with Crippen molar-refractivity contribution < 1.29 is 19.4 Å². The number of ether oxygens (including phenoxy) is 1. The molecule has 2 atom stereocenters. The molecule has 0 aliphatic carbocycles. The van der Waals surface area contributed by atoms with Crippen LogP contribution >= 0.6 is 11.8 Å². The van der Waals surface area contributed by atoms with Crippen LogP contribution in [-0.2, 0) is 9.53 Å². The molecule has 2 unspecified atom stereocenters. The number of nitrogens with one attached hydrogen (secondary N) is 1. The molecule has 0 aliphatic rings. The third-order valence-electron chi connectivity index (χ3n) is 3.39. The van der Waals surface area contributed by atoms with Crippen LogP contribution in [0, 0.1) is 0 Å². The van der Waals surface area contributed by atoms with Gasteiger partial charge in [-0.2, -0.15) is 0 Å². The number of hydrogen-bond acceptors (Lipinski definition) is 4. The van der Waals surface area contributed by atoms with Crippen LogP contribution in [0.25, 0.3) is 0 Å². The van der Waals surface area contributed by atoms with Crippen molar-refractivity contribution >= 4 is 23.6 Å². The second-order valence-electron chi connectivity index (χ2n) is 5.36. The molecule has 23 heavy (non-hydrogen) atoms. The molecule has 2 N–H and O–H groups in total. The first kappa shape index (κ1) is 19.5. The van der Waals surface area contributed by atoms with Gasteiger partial charge in [-0.25, -0.2) is 0 Å². The highest BCUT2D eigenvalue weighted by atomic mass is 32.2. The summed E-state index contributed by atoms with van der Waals surface area (Å²) in [5.74, 6) is -1.09. The minimum absolute atomic E-state index is 0.0394. The van der Waals surface area contributed by atoms with Gasteiger partial charge < -0.3 is 15.2 Å². The fraction of sp³-hybridized carbons (Fsp3) is 0.529. The number of hydrogen-bond donors (Lipinski definition) is 2. The highest BCUT2D eigenvalue weighted by molar-refractivity contribution is 8.00. The van der Waals surface area contributed by atoms with Gasteiger partial charge in [-0.15, -0.1) is 11.8 Å². The van der Waals surface area contributed by atoms with Crippen LogP contribution in [0.15, 0.2) is 29.2 Å². The third kappa shape index (κ3) is 6.62. The zero-order chi connectivity index (χ0) is 17.2. The van der Waals surface area contributed by atoms with Crippen molar-refractivity contribution in [1.82, 2.24) is 5.32 Å². The molecule has 0 fully saturated rings. The maximum Gasteiger partial charge on any atom is 0.316 e. The summed E-state index contributed by atoms with van der Waals surface area (Å²) in [6.07, 6.45) is 2.93. The lowest BCUT2D eigenvalue weighted by Crippen LogP contribution is -2.38. The largest absolute Gasteiger partial charge is 0.480 e. The number of aliphatic carboxylic acids is 1. The predicted octanol–water partition coefficient (Wildman–Crippen LogP) is 3.19. The maximum absolute atomic E-state index is 12.5. The molecule has 1 amide bonds. The first-order valence-corrected chi connectivity index (χ1v) is 8.65. The zero-order valence-electron chi connectivity index (χ0n) is 13.9. The second-order valence-corrected chi connectivity index (χ2v) is 6.75. The number of methoxy groups -OCH3 is 1. The van der Waals surface area contributed by atoms with E-state index in [-0.39, 0.29) is 11.9 Å². The Hall–Kier alpha value is -1.53. The van der Waals surface area contributed by atoms with E-state index in [1.165, 1.54) is 11.8 Å². The SMILES string of the molecule is CCCCC(COC)NC(=O)c1ccccc1SC(C)C(=O)O. The minimum Gasteiger partial charge on any atom is -0.480 e. The van der Waals surface area contributed by atoms with E-state index in [0.717, 1.165) is 19.3 Å². The summed E-state index contributed by atoms with van der Waals surface area (Å²) in [4.78, 5) is 24.2. The number of carbonyl (C=O) groups excluding carboxylic acids is 1. The van der Waals surface area contributed by atoms with Crippen LogP contribution in [-0.4, -0.2) is 42.0 Å². The molecule has 5 nitrogen and oxygen atoms in total. The zero-order valence-corrected chi connectivity index (χ0v) is 14.7. The van der Waals surface area contributed by atoms with E-state index in [0.29, 0.717) is 17.1 Å². The summed E-state index contributed by atoms with van der Waals surface area (Å²) in [5.41, 5.74) is 0.503. The van der Waals surface area contributed by atoms with Gasteiger partial charge in [-0.3, -0.25) is 9.59 Å². The van der Waals surface area contributed by atoms with E-state index >= 15 is 0 Å². The second kappa shape index (κ2) is 10.3. The Morgan fingerprint density at radius 2 is 2.04 bits per heavy atom. The number of carboxylic acid groups (broad SMARTS) is 1. The van der Waals surface area contributed by atoms with Crippen LogP contribution < -0.4 is 5.32 Å². The van der Waals surface area contributed by atoms with Gasteiger partial charge in [0.2, 0.25) is 0 Å². The number of unbranched alkanes of at least 4 members (excludes halogenated alkanes) is 1. The van der Waals surface area contributed by atoms with Gasteiger partial charge in [0.15, 0.2) is 0 Å². The van der Waals surface area contributed by atoms with Crippen LogP contribution in [0.5, 0.6) is 0 Å². The Morgan fingerprint density at radius 1 is 1.35 bits per heavy atom. The van der Waals surface area contributed by atoms with Crippen molar-refractivity contribution in [2.75, 3.05) is 13.7 Å². The van der Waals surface area contributed by atoms with Crippen LogP contribution in [0.2, 0.25) is 0 Å². The third-order valence-corrected chi connectivity index (χ3v) is 4.56. The first-order chi connectivity index (χ1) is 11.0. The van der Waals surface area contributed by atoms with Gasteiger partial charge in [0.1, 0.15) is 5.25 Å². The lowest BCUT2D eigenvalue weighted by Gasteiger charge is -2.19. The van der Waals surface area contributed by atoms with Crippen LogP contribution in [0.4, 0.5) is 0 Å². The van der Waals surface area contributed by atoms with Gasteiger partial charge in [-0.05, 0) is 25.5 Å². The molecule has 6 heteroatoms. The van der Waals surface area contributed by atoms with Crippen molar-refractivity contribution in [2.24, 2.45) is 0 Å². The lowest BCUT2D eigenvalue weighted by molar-refractivity contribution is -0.136. The van der Waals surface area contributed by atoms with Crippen molar-refractivity contribution in [3.63, 3.8) is 0 Å². The van der Waals surface area contributed by atoms with Crippen molar-refractivity contribution in [2.45, 2.75) is 49.3 Å². The van der Waals surface area contributed by atoms with Gasteiger partial charge in [0.05, 0.1) is 18.2 Å². The molecule has 0 aliphatic heterocycles. The molecule has 128 valence electrons. The van der Waals surface area contributed by atoms with Gasteiger partial charge in [0.25, 0.3) is 5.91 Å². The van der Waals surface area contributed by atoms with Crippen molar-refractivity contribution in [3.05, 3.63) is 29.8 Å². The smallest absolute Gasteiger partial charge is 0.316 e. The molecule has 0 bridgehead atoms. The summed E-state index contributed by atoms with van der Waals surface area (Å²) in [6.45, 7) is 4.17. The predicted molar refractivity (Wildman–Crippen MR) is 92.1 cm³/mol. The summed E-state index contributed by atoms with van der Waals surface area (Å²) in [7, 11) is 1.61. The Morgan fingerprint density at radius 3 is 2.65 bits per heavy atom. The highest BCUT2D eigenvalue weighted by Crippen LogP contribution is 2.27. The molecule has 0 radical (unpaired) electrons. The van der Waals surface area contributed by atoms with Crippen LogP contribution in [0.1, 0.15) is 43.5 Å². The summed E-state index contributed by atoms with van der Waals surface area (Å²) in [6, 6.07) is 7.04. The topological polar surface area (TPSA) is 75.6 Å². The first-order valence-electron chi connectivity index (χ1n) is 7.77. The quantitative estimate of drug-likeness (QED) is 0.640. The van der Waals surface area contributed by atoms with Crippen LogP contribution in [0.3, 0.4) is 0 Å². The number of benzene rings is 1. The number of amides is 1. The van der Waals surface area contributed by atoms with E-state index in [1.54, 1.807) is 38.3 Å². The number of carbonyl (C=O) groups is 2. The Labute approximate surface area is 141 Å². The lowest BCUT2D eigenvalue weighted by atomic mass is 10.1. The molecule has 1 rings (SSSR count). The molecule has 1 aromatic rings. The summed E-state index contributed by atoms with van der Waals surface area (Å²) in [5, 5.41) is 11.4. The Kier molecular flexibility index (Phi) is 8.73. The molecule has 0 heterocycles. The molecule has 0 spiro atoms. The van der Waals surface area contributed by atoms with E-state index < -0.39 is 11.2 Å². The van der Waals surface area contributed by atoms with Crippen molar-refractivity contribution in [3.8, 4) is 0 Å². The minimum atomic E-state index is -0.898. The summed E-state index contributed by atoms with van der Waals surface area (Å²) < 4.78 is 5.17. The van der Waals surface area contributed by atoms with Gasteiger partial charge >= 0.3 is 5.97 Å². The fourth-order valence-electron chi connectivity index (χ4n) is 2.11. The average Bonchev–Trinajstić information content (AvgIpc) is 2.53. The van der Waals surface area contributed by atoms with E-state index in [2.05, 4.69) is 12.2 Å². The normalized spacial score (nSPS) is 13.3. The fourth-order valence-corrected chi connectivity index (χ4v) is 3.04. The number of carboxylic acids is 1. The average molecular weight is 339 g/mol. The molecule has 0 saturated carbocycles. The Balaban J connectivity index is 2.83. The molecule has 0 saturated heterocycles. The van der Waals surface area contributed by atoms with Gasteiger partial charge in [-0.1, -0.05) is 31.9 Å². The molecule has 0 aromatic heterocycles. The Bertz CT molecular complexity index is 521. The molecular weight excluding hydrogens is 314 g/mol. The number of thioether (sulfide) groups is 1. The maximum atomic E-state index is 12.5. The monoisotopic (exact) mass is 339 g/mol. The summed E-state index contributed by atoms with van der Waals surface area (Å²) >= 11 is 1.17. The van der Waals surface area contributed by atoms with E-state index in [1.807, 2.05) is 0 Å². The van der Waals surface area contributed by atoms with Crippen molar-refractivity contribution in [1.29, 1.82) is 0 Å². The molecular formula is C17H25NO4S. The van der Waals surface area contributed by atoms with Gasteiger partial charge in [0, 0.05) is 12.0 Å². The standard InChI is InChI=1S/C17H25NO4S/c1-4-5-8-13(11-22-3)18-16(19)14-9-6-7-10-15(14)23-12(2)17(20)21/h6-7,9-10,12-13H,4-5,8,11H2,1-3H3,(H,18,19)(H,20,21). The van der Waals surface area contributed by atoms with E-state index in [9.17, 15) is 9.59 Å². The highest BCUT2D eigenvalue weighted by Gasteiger charge is 2.19. The molecule has 1 aromatic carbocycles. The number of rotatable bonds is 10.